The number of hydrogen-bond donors (Lipinski definition) is 1. The summed E-state index contributed by atoms with van der Waals surface area (Å²) in [5.41, 5.74) is 0. The molecule has 0 aliphatic heterocycles. The van der Waals surface area contributed by atoms with E-state index in [2.05, 4.69) is 14.9 Å². The average Bonchev–Trinajstić information content (AvgIpc) is 1.85. The number of carbonyl (C=O) groups is 1. The summed E-state index contributed by atoms with van der Waals surface area (Å²) in [6.45, 7) is 2.10. The smallest absolute Gasteiger partial charge is 0.442 e. The van der Waals surface area contributed by atoms with Crippen LogP contribution in [0.15, 0.2) is 4.99 Å². The van der Waals surface area contributed by atoms with Crippen LogP contribution in [0, 0.1) is 0 Å². The van der Waals surface area contributed by atoms with Crippen LogP contribution in [0.2, 0.25) is 0 Å². The first-order chi connectivity index (χ1) is 4.31. The van der Waals surface area contributed by atoms with Gasteiger partial charge < -0.3 is 4.74 Å². The second kappa shape index (κ2) is 5.54. The largest absolute Gasteiger partial charge is 0.448 e. The standard InChI is InChI=1S/C5H9NO2S/c1-3-8-5(7)6-4-9-2/h9H,3H2,1-2H3. The quantitative estimate of drug-likeness (QED) is 0.343. The van der Waals surface area contributed by atoms with Crippen LogP contribution < -0.4 is 0 Å². The van der Waals surface area contributed by atoms with E-state index in [9.17, 15) is 4.79 Å². The SMILES string of the molecule is CCOC(=O)N=C=[SH]C. The maximum Gasteiger partial charge on any atom is 0.442 e. The Balaban J connectivity index is 3.63. The summed E-state index contributed by atoms with van der Waals surface area (Å²) in [4.78, 5) is 13.7. The lowest BCUT2D eigenvalue weighted by atomic mass is 10.9. The van der Waals surface area contributed by atoms with E-state index in [1.165, 1.54) is 0 Å². The minimum atomic E-state index is -0.563. The molecule has 0 fully saturated rings. The van der Waals surface area contributed by atoms with Crippen LogP contribution >= 0.6 is 11.4 Å². The van der Waals surface area contributed by atoms with E-state index in [0.717, 1.165) is 11.4 Å². The summed E-state index contributed by atoms with van der Waals surface area (Å²) in [5, 5.41) is 2.46. The van der Waals surface area contributed by atoms with Gasteiger partial charge in [0.1, 0.15) is 0 Å². The van der Waals surface area contributed by atoms with E-state index < -0.39 is 6.09 Å². The Bertz CT molecular complexity index is 149. The first-order valence-corrected chi connectivity index (χ1v) is 3.86. The van der Waals surface area contributed by atoms with Gasteiger partial charge in [0.15, 0.2) is 0 Å². The normalized spacial score (nSPS) is 7.78. The average molecular weight is 147 g/mol. The number of nitrogens with zero attached hydrogens (tertiary/aromatic N) is 1. The highest BCUT2D eigenvalue weighted by atomic mass is 32.1. The Labute approximate surface area is 57.7 Å². The fourth-order valence-corrected chi connectivity index (χ4v) is 0.428. The number of aliphatic imine (C=N–C) groups is 1. The first-order valence-electron chi connectivity index (χ1n) is 2.52. The van der Waals surface area contributed by atoms with E-state index in [0.29, 0.717) is 6.61 Å². The van der Waals surface area contributed by atoms with Crippen molar-refractivity contribution in [1.29, 1.82) is 0 Å². The Morgan fingerprint density at radius 1 is 1.89 bits per heavy atom. The van der Waals surface area contributed by atoms with E-state index in [1.807, 2.05) is 6.26 Å². The lowest BCUT2D eigenvalue weighted by Gasteiger charge is -1.89. The Hall–Kier alpha value is -0.600. The number of ether oxygens (including phenoxy) is 1. The van der Waals surface area contributed by atoms with Crippen molar-refractivity contribution in [1.82, 2.24) is 0 Å². The number of rotatable bonds is 1. The molecule has 0 aliphatic rings. The van der Waals surface area contributed by atoms with Gasteiger partial charge >= 0.3 is 6.09 Å². The summed E-state index contributed by atoms with van der Waals surface area (Å²) in [6, 6.07) is 0. The molecule has 0 bridgehead atoms. The van der Waals surface area contributed by atoms with Crippen molar-refractivity contribution in [3.63, 3.8) is 0 Å². The highest BCUT2D eigenvalue weighted by molar-refractivity contribution is 7.96. The van der Waals surface area contributed by atoms with Crippen molar-refractivity contribution in [3.05, 3.63) is 0 Å². The number of carbonyl (C=O) groups excluding carboxylic acids is 1. The molecule has 3 nitrogen and oxygen atoms in total. The van der Waals surface area contributed by atoms with Crippen LogP contribution in [0.5, 0.6) is 0 Å². The van der Waals surface area contributed by atoms with Gasteiger partial charge in [-0.05, 0) is 13.2 Å². The third-order valence-electron chi connectivity index (χ3n) is 0.509. The predicted octanol–water partition coefficient (Wildman–Crippen LogP) is 1.14. The lowest BCUT2D eigenvalue weighted by molar-refractivity contribution is 0.164. The number of hydrogen-bond acceptors (Lipinski definition) is 2. The second-order valence-electron chi connectivity index (χ2n) is 1.13. The molecule has 0 aromatic heterocycles. The molecule has 0 aromatic carbocycles. The van der Waals surface area contributed by atoms with Crippen molar-refractivity contribution in [2.75, 3.05) is 12.9 Å². The van der Waals surface area contributed by atoms with Crippen molar-refractivity contribution in [3.8, 4) is 0 Å². The molecule has 0 N–H and O–H groups in total. The van der Waals surface area contributed by atoms with Gasteiger partial charge in [-0.1, -0.05) is 0 Å². The molecule has 4 heteroatoms. The minimum absolute atomic E-state index is 0.366. The van der Waals surface area contributed by atoms with Crippen molar-refractivity contribution in [2.24, 2.45) is 4.99 Å². The van der Waals surface area contributed by atoms with E-state index in [4.69, 9.17) is 0 Å². The molecule has 0 saturated carbocycles. The molecule has 0 spiro atoms. The van der Waals surface area contributed by atoms with Crippen LogP contribution in [0.4, 0.5) is 4.79 Å². The van der Waals surface area contributed by atoms with Crippen molar-refractivity contribution in [2.45, 2.75) is 6.92 Å². The number of amides is 1. The summed E-state index contributed by atoms with van der Waals surface area (Å²) in [7, 11) is 0. The summed E-state index contributed by atoms with van der Waals surface area (Å²) < 4.78 is 4.47. The maximum absolute atomic E-state index is 10.3. The molecule has 0 heterocycles. The molecule has 0 aliphatic carbocycles. The van der Waals surface area contributed by atoms with Gasteiger partial charge in [-0.25, -0.2) is 4.79 Å². The monoisotopic (exact) mass is 147 g/mol. The first kappa shape index (κ1) is 8.40. The zero-order chi connectivity index (χ0) is 7.11. The second-order valence-corrected chi connectivity index (χ2v) is 1.78. The molecule has 9 heavy (non-hydrogen) atoms. The zero-order valence-electron chi connectivity index (χ0n) is 5.42. The fourth-order valence-electron chi connectivity index (χ4n) is 0.247. The van der Waals surface area contributed by atoms with Gasteiger partial charge in [0.25, 0.3) is 0 Å². The number of thiol groups is 1. The Morgan fingerprint density at radius 2 is 2.56 bits per heavy atom. The minimum Gasteiger partial charge on any atom is -0.448 e. The molecule has 0 radical (unpaired) electrons. The highest BCUT2D eigenvalue weighted by Crippen LogP contribution is 1.80. The molecule has 0 rings (SSSR count). The van der Waals surface area contributed by atoms with Gasteiger partial charge in [-0.3, -0.25) is 0 Å². The van der Waals surface area contributed by atoms with E-state index in [-0.39, 0.29) is 0 Å². The van der Waals surface area contributed by atoms with Gasteiger partial charge in [-0.2, -0.15) is 0 Å². The molecule has 0 unspecified atom stereocenters. The van der Waals surface area contributed by atoms with Gasteiger partial charge in [-0.15, -0.1) is 16.3 Å². The molecule has 0 aromatic rings. The molecular formula is C5H9NO2S. The lowest BCUT2D eigenvalue weighted by Crippen LogP contribution is -1.95. The third kappa shape index (κ3) is 5.27. The molecule has 0 saturated heterocycles. The van der Waals surface area contributed by atoms with Crippen LogP contribution in [0.3, 0.4) is 0 Å². The Morgan fingerprint density at radius 3 is 3.00 bits per heavy atom. The predicted molar refractivity (Wildman–Crippen MR) is 39.4 cm³/mol. The number of isothiocyanates is 1. The fraction of sp³-hybridized carbons (Fsp3) is 0.600. The summed E-state index contributed by atoms with van der Waals surface area (Å²) in [5.74, 6) is 0. The Kier molecular flexibility index (Phi) is 5.17. The van der Waals surface area contributed by atoms with Gasteiger partial charge in [0.05, 0.1) is 6.61 Å². The molecule has 52 valence electrons. The van der Waals surface area contributed by atoms with E-state index in [1.54, 1.807) is 6.92 Å². The highest BCUT2D eigenvalue weighted by Gasteiger charge is 1.90. The summed E-state index contributed by atoms with van der Waals surface area (Å²) >= 11 is 0.838. The zero-order valence-corrected chi connectivity index (χ0v) is 6.31. The van der Waals surface area contributed by atoms with Crippen LogP contribution in [0.25, 0.3) is 0 Å². The molecule has 1 amide bonds. The summed E-state index contributed by atoms with van der Waals surface area (Å²) in [6.07, 6.45) is 1.26. The van der Waals surface area contributed by atoms with E-state index >= 15 is 0 Å². The van der Waals surface area contributed by atoms with Crippen molar-refractivity contribution < 1.29 is 9.53 Å². The topological polar surface area (TPSA) is 38.7 Å². The van der Waals surface area contributed by atoms with Crippen LogP contribution in [0.1, 0.15) is 6.92 Å². The third-order valence-corrected chi connectivity index (χ3v) is 0.809. The molecular weight excluding hydrogens is 138 g/mol. The van der Waals surface area contributed by atoms with Crippen LogP contribution in [-0.4, -0.2) is 24.1 Å². The van der Waals surface area contributed by atoms with Crippen LogP contribution in [-0.2, 0) is 4.74 Å². The molecule has 0 atom stereocenters. The van der Waals surface area contributed by atoms with Crippen molar-refractivity contribution >= 4 is 22.6 Å². The van der Waals surface area contributed by atoms with Gasteiger partial charge in [0, 0.05) is 5.16 Å². The maximum atomic E-state index is 10.3. The van der Waals surface area contributed by atoms with Gasteiger partial charge in [0.2, 0.25) is 0 Å².